The topological polar surface area (TPSA) is 126 Å². The number of furan rings is 1. The molecule has 0 aromatic carbocycles. The minimum Gasteiger partial charge on any atom is -0.397 e. The number of anilines is 1. The van der Waals surface area contributed by atoms with Crippen LogP contribution in [0.5, 0.6) is 0 Å². The van der Waals surface area contributed by atoms with E-state index in [2.05, 4.69) is 9.97 Å². The van der Waals surface area contributed by atoms with Crippen LogP contribution in [0.4, 0.5) is 11.7 Å². The molecule has 0 aliphatic rings. The SMILES string of the molecule is Cc1cc2nc(-c3ccc([N+](=O)[O-])o3)nc(N(CCO)CCO)c2s1. The number of rotatable bonds is 7. The minimum absolute atomic E-state index is 0.0998. The number of hydrogen-bond acceptors (Lipinski definition) is 9. The van der Waals surface area contributed by atoms with Gasteiger partial charge in [0.05, 0.1) is 29.5 Å². The number of thiophene rings is 1. The average Bonchev–Trinajstić information content (AvgIpc) is 3.19. The number of aliphatic hydroxyl groups excluding tert-OH is 2. The van der Waals surface area contributed by atoms with E-state index in [4.69, 9.17) is 4.42 Å². The van der Waals surface area contributed by atoms with Crippen molar-refractivity contribution < 1.29 is 19.6 Å². The van der Waals surface area contributed by atoms with Gasteiger partial charge < -0.3 is 19.5 Å². The highest BCUT2D eigenvalue weighted by atomic mass is 32.1. The van der Waals surface area contributed by atoms with E-state index in [0.29, 0.717) is 24.4 Å². The summed E-state index contributed by atoms with van der Waals surface area (Å²) < 4.78 is 6.03. The highest BCUT2D eigenvalue weighted by Crippen LogP contribution is 2.34. The minimum atomic E-state index is -0.624. The predicted molar refractivity (Wildman–Crippen MR) is 92.9 cm³/mol. The molecule has 3 heterocycles. The van der Waals surface area contributed by atoms with Gasteiger partial charge in [0.25, 0.3) is 0 Å². The number of aryl methyl sites for hydroxylation is 1. The van der Waals surface area contributed by atoms with Crippen LogP contribution in [0.25, 0.3) is 21.8 Å². The molecule has 3 rings (SSSR count). The average molecular weight is 364 g/mol. The Morgan fingerprint density at radius 1 is 1.28 bits per heavy atom. The van der Waals surface area contributed by atoms with Crippen LogP contribution in [0, 0.1) is 17.0 Å². The van der Waals surface area contributed by atoms with Gasteiger partial charge in [0, 0.05) is 18.0 Å². The maximum Gasteiger partial charge on any atom is 0.433 e. The molecule has 0 radical (unpaired) electrons. The third-order valence-electron chi connectivity index (χ3n) is 3.51. The van der Waals surface area contributed by atoms with Crippen LogP contribution in [0.2, 0.25) is 0 Å². The summed E-state index contributed by atoms with van der Waals surface area (Å²) >= 11 is 1.50. The standard InChI is InChI=1S/C15H16N4O5S/c1-9-8-10-13(25-9)15(18(4-6-20)5-7-21)17-14(16-10)11-2-3-12(24-11)19(22)23/h2-3,8,20-21H,4-7H2,1H3. The fourth-order valence-electron chi connectivity index (χ4n) is 2.47. The largest absolute Gasteiger partial charge is 0.433 e. The lowest BCUT2D eigenvalue weighted by molar-refractivity contribution is -0.401. The molecule has 0 aliphatic carbocycles. The number of fused-ring (bicyclic) bond motifs is 1. The highest BCUT2D eigenvalue weighted by molar-refractivity contribution is 7.19. The van der Waals surface area contributed by atoms with Crippen molar-refractivity contribution in [3.05, 3.63) is 33.2 Å². The van der Waals surface area contributed by atoms with Crippen LogP contribution in [0.1, 0.15) is 4.88 Å². The van der Waals surface area contributed by atoms with Crippen molar-refractivity contribution in [2.24, 2.45) is 0 Å². The van der Waals surface area contributed by atoms with Crippen LogP contribution in [0.15, 0.2) is 22.6 Å². The van der Waals surface area contributed by atoms with E-state index in [1.807, 2.05) is 13.0 Å². The maximum absolute atomic E-state index is 10.8. The summed E-state index contributed by atoms with van der Waals surface area (Å²) in [5, 5.41) is 29.4. The smallest absolute Gasteiger partial charge is 0.397 e. The molecular formula is C15H16N4O5S. The van der Waals surface area contributed by atoms with Crippen molar-refractivity contribution in [3.8, 4) is 11.6 Å². The predicted octanol–water partition coefficient (Wildman–Crippen LogP) is 1.96. The zero-order valence-electron chi connectivity index (χ0n) is 13.4. The molecule has 3 aromatic heterocycles. The number of hydrogen-bond donors (Lipinski definition) is 2. The van der Waals surface area contributed by atoms with Crippen LogP contribution in [0.3, 0.4) is 0 Å². The molecule has 132 valence electrons. The third kappa shape index (κ3) is 3.45. The molecule has 0 fully saturated rings. The first-order valence-corrected chi connectivity index (χ1v) is 8.34. The Kier molecular flexibility index (Phi) is 4.93. The first kappa shape index (κ1) is 17.3. The quantitative estimate of drug-likeness (QED) is 0.481. The van der Waals surface area contributed by atoms with Gasteiger partial charge in [-0.05, 0) is 19.1 Å². The molecule has 0 bridgehead atoms. The van der Waals surface area contributed by atoms with E-state index in [1.165, 1.54) is 23.5 Å². The summed E-state index contributed by atoms with van der Waals surface area (Å²) in [4.78, 5) is 21.9. The van der Waals surface area contributed by atoms with Gasteiger partial charge in [-0.2, -0.15) is 0 Å². The molecule has 3 aromatic rings. The van der Waals surface area contributed by atoms with E-state index >= 15 is 0 Å². The highest BCUT2D eigenvalue weighted by Gasteiger charge is 2.20. The number of aliphatic hydroxyl groups is 2. The molecule has 0 amide bonds. The lowest BCUT2D eigenvalue weighted by atomic mass is 10.3. The molecule has 0 unspecified atom stereocenters. The molecule has 10 heteroatoms. The van der Waals surface area contributed by atoms with Crippen molar-refractivity contribution in [1.29, 1.82) is 0 Å². The van der Waals surface area contributed by atoms with Crippen molar-refractivity contribution in [2.75, 3.05) is 31.2 Å². The first-order chi connectivity index (χ1) is 12.0. The van der Waals surface area contributed by atoms with Crippen molar-refractivity contribution in [1.82, 2.24) is 9.97 Å². The van der Waals surface area contributed by atoms with Gasteiger partial charge >= 0.3 is 5.88 Å². The molecule has 0 saturated heterocycles. The summed E-state index contributed by atoms with van der Waals surface area (Å²) in [6.45, 7) is 2.33. The first-order valence-electron chi connectivity index (χ1n) is 7.53. The van der Waals surface area contributed by atoms with Crippen LogP contribution in [-0.2, 0) is 0 Å². The van der Waals surface area contributed by atoms with E-state index < -0.39 is 4.92 Å². The normalized spacial score (nSPS) is 11.2. The van der Waals surface area contributed by atoms with Gasteiger partial charge in [0.2, 0.25) is 0 Å². The van der Waals surface area contributed by atoms with Gasteiger partial charge in [0.1, 0.15) is 4.92 Å². The number of nitrogens with zero attached hydrogens (tertiary/aromatic N) is 4. The maximum atomic E-state index is 10.8. The zero-order chi connectivity index (χ0) is 18.0. The van der Waals surface area contributed by atoms with Gasteiger partial charge in [-0.3, -0.25) is 10.1 Å². The second kappa shape index (κ2) is 7.13. The molecular weight excluding hydrogens is 348 g/mol. The Balaban J connectivity index is 2.15. The summed E-state index contributed by atoms with van der Waals surface area (Å²) in [5.41, 5.74) is 0.683. The Morgan fingerprint density at radius 3 is 2.60 bits per heavy atom. The van der Waals surface area contributed by atoms with E-state index in [-0.39, 0.29) is 30.7 Å². The molecule has 25 heavy (non-hydrogen) atoms. The van der Waals surface area contributed by atoms with Gasteiger partial charge in [-0.25, -0.2) is 9.97 Å². The third-order valence-corrected chi connectivity index (χ3v) is 4.54. The second-order valence-electron chi connectivity index (χ2n) is 5.27. The molecule has 0 spiro atoms. The van der Waals surface area contributed by atoms with Crippen LogP contribution in [-0.4, -0.2) is 51.4 Å². The van der Waals surface area contributed by atoms with E-state index in [9.17, 15) is 20.3 Å². The molecule has 0 aliphatic heterocycles. The zero-order valence-corrected chi connectivity index (χ0v) is 14.2. The van der Waals surface area contributed by atoms with Gasteiger partial charge in [0.15, 0.2) is 17.4 Å². The Hall–Kier alpha value is -2.56. The number of aromatic nitrogens is 2. The summed E-state index contributed by atoms with van der Waals surface area (Å²) in [6.07, 6.45) is 0. The molecule has 2 N–H and O–H groups in total. The fraction of sp³-hybridized carbons (Fsp3) is 0.333. The van der Waals surface area contributed by atoms with Crippen molar-refractivity contribution in [3.63, 3.8) is 0 Å². The summed E-state index contributed by atoms with van der Waals surface area (Å²) in [7, 11) is 0. The molecule has 9 nitrogen and oxygen atoms in total. The lowest BCUT2D eigenvalue weighted by Crippen LogP contribution is -2.30. The Morgan fingerprint density at radius 2 is 2.00 bits per heavy atom. The Bertz CT molecular complexity index is 901. The van der Waals surface area contributed by atoms with Crippen LogP contribution >= 0.6 is 11.3 Å². The van der Waals surface area contributed by atoms with Crippen LogP contribution < -0.4 is 4.90 Å². The lowest BCUT2D eigenvalue weighted by Gasteiger charge is -2.22. The van der Waals surface area contributed by atoms with Crippen molar-refractivity contribution >= 4 is 33.3 Å². The Labute approximate surface area is 146 Å². The van der Waals surface area contributed by atoms with Gasteiger partial charge in [-0.1, -0.05) is 0 Å². The molecule has 0 atom stereocenters. The fourth-order valence-corrected chi connectivity index (χ4v) is 3.44. The van der Waals surface area contributed by atoms with Gasteiger partial charge in [-0.15, -0.1) is 11.3 Å². The monoisotopic (exact) mass is 364 g/mol. The molecule has 0 saturated carbocycles. The number of nitro groups is 1. The van der Waals surface area contributed by atoms with E-state index in [0.717, 1.165) is 9.58 Å². The van der Waals surface area contributed by atoms with E-state index in [1.54, 1.807) is 4.90 Å². The summed E-state index contributed by atoms with van der Waals surface area (Å²) in [5.74, 6) is 0.575. The second-order valence-corrected chi connectivity index (χ2v) is 6.53. The summed E-state index contributed by atoms with van der Waals surface area (Å²) in [6, 6.07) is 4.59. The van der Waals surface area contributed by atoms with Crippen molar-refractivity contribution in [2.45, 2.75) is 6.92 Å².